The molecule has 6 heteroatoms. The van der Waals surface area contributed by atoms with Gasteiger partial charge in [0.25, 0.3) is 5.69 Å². The number of rotatable bonds is 5. The minimum Gasteiger partial charge on any atom is -0.439 e. The summed E-state index contributed by atoms with van der Waals surface area (Å²) in [6.07, 6.45) is 1.06. The monoisotopic (exact) mass is 306 g/mol. The SMILES string of the molecule is CCC(C)c1ccc(Oc2cc([N+](=O)[O-])cc(Cl)n2)cc1. The van der Waals surface area contributed by atoms with Gasteiger partial charge in [-0.2, -0.15) is 0 Å². The van der Waals surface area contributed by atoms with Gasteiger partial charge in [-0.15, -0.1) is 0 Å². The fourth-order valence-corrected chi connectivity index (χ4v) is 2.03. The van der Waals surface area contributed by atoms with Crippen LogP contribution in [0.15, 0.2) is 36.4 Å². The predicted molar refractivity (Wildman–Crippen MR) is 81.1 cm³/mol. The Morgan fingerprint density at radius 2 is 2.00 bits per heavy atom. The molecule has 1 unspecified atom stereocenters. The molecule has 0 aliphatic rings. The number of aromatic nitrogens is 1. The molecule has 0 aliphatic heterocycles. The maximum atomic E-state index is 10.8. The molecule has 0 N–H and O–H groups in total. The molecule has 2 aromatic rings. The molecule has 0 saturated heterocycles. The summed E-state index contributed by atoms with van der Waals surface area (Å²) in [6.45, 7) is 4.28. The molecule has 110 valence electrons. The van der Waals surface area contributed by atoms with Gasteiger partial charge in [-0.25, -0.2) is 4.98 Å². The molecular weight excluding hydrogens is 292 g/mol. The van der Waals surface area contributed by atoms with Crippen molar-refractivity contribution in [1.82, 2.24) is 4.98 Å². The van der Waals surface area contributed by atoms with Crippen LogP contribution in [0.1, 0.15) is 31.7 Å². The molecule has 5 nitrogen and oxygen atoms in total. The molecule has 2 rings (SSSR count). The van der Waals surface area contributed by atoms with Crippen LogP contribution in [-0.4, -0.2) is 9.91 Å². The van der Waals surface area contributed by atoms with Gasteiger partial charge in [0.05, 0.1) is 17.1 Å². The molecule has 0 spiro atoms. The molecule has 0 fully saturated rings. The molecule has 0 aliphatic carbocycles. The zero-order chi connectivity index (χ0) is 15.4. The summed E-state index contributed by atoms with van der Waals surface area (Å²) >= 11 is 5.75. The third-order valence-electron chi connectivity index (χ3n) is 3.25. The lowest BCUT2D eigenvalue weighted by molar-refractivity contribution is -0.385. The van der Waals surface area contributed by atoms with Gasteiger partial charge in [0.1, 0.15) is 10.9 Å². The Hall–Kier alpha value is -2.14. The van der Waals surface area contributed by atoms with E-state index in [1.54, 1.807) is 0 Å². The van der Waals surface area contributed by atoms with Crippen LogP contribution in [0.5, 0.6) is 11.6 Å². The van der Waals surface area contributed by atoms with Crippen LogP contribution in [0.3, 0.4) is 0 Å². The number of benzene rings is 1. The topological polar surface area (TPSA) is 65.3 Å². The zero-order valence-corrected chi connectivity index (χ0v) is 12.5. The fraction of sp³-hybridized carbons (Fsp3) is 0.267. The number of pyridine rings is 1. The standard InChI is InChI=1S/C15H15ClN2O3/c1-3-10(2)11-4-6-13(7-5-11)21-15-9-12(18(19)20)8-14(16)17-15/h4-10H,3H2,1-2H3. The minimum atomic E-state index is -0.535. The van der Waals surface area contributed by atoms with Gasteiger partial charge >= 0.3 is 0 Å². The molecule has 1 aromatic carbocycles. The summed E-state index contributed by atoms with van der Waals surface area (Å²) < 4.78 is 5.52. The van der Waals surface area contributed by atoms with Crippen LogP contribution in [0, 0.1) is 10.1 Å². The second kappa shape index (κ2) is 6.54. The van der Waals surface area contributed by atoms with E-state index in [4.69, 9.17) is 16.3 Å². The summed E-state index contributed by atoms with van der Waals surface area (Å²) in [6, 6.07) is 10.0. The van der Waals surface area contributed by atoms with Crippen molar-refractivity contribution >= 4 is 17.3 Å². The van der Waals surface area contributed by atoms with Gasteiger partial charge < -0.3 is 4.74 Å². The molecule has 0 bridgehead atoms. The highest BCUT2D eigenvalue weighted by Gasteiger charge is 2.12. The second-order valence-electron chi connectivity index (χ2n) is 4.72. The van der Waals surface area contributed by atoms with Gasteiger partial charge in [0.2, 0.25) is 5.88 Å². The van der Waals surface area contributed by atoms with Crippen molar-refractivity contribution < 1.29 is 9.66 Å². The van der Waals surface area contributed by atoms with E-state index in [1.807, 2.05) is 24.3 Å². The van der Waals surface area contributed by atoms with Crippen LogP contribution in [-0.2, 0) is 0 Å². The maximum absolute atomic E-state index is 10.8. The third-order valence-corrected chi connectivity index (χ3v) is 3.44. The summed E-state index contributed by atoms with van der Waals surface area (Å²) in [4.78, 5) is 14.2. The van der Waals surface area contributed by atoms with Crippen LogP contribution < -0.4 is 4.74 Å². The van der Waals surface area contributed by atoms with E-state index in [0.29, 0.717) is 11.7 Å². The molecule has 0 saturated carbocycles. The summed E-state index contributed by atoms with van der Waals surface area (Å²) in [5.41, 5.74) is 1.07. The molecule has 21 heavy (non-hydrogen) atoms. The average Bonchev–Trinajstić information content (AvgIpc) is 2.46. The highest BCUT2D eigenvalue weighted by molar-refractivity contribution is 6.29. The Morgan fingerprint density at radius 1 is 1.33 bits per heavy atom. The van der Waals surface area contributed by atoms with Crippen LogP contribution in [0.4, 0.5) is 5.69 Å². The first-order chi connectivity index (χ1) is 9.99. The smallest absolute Gasteiger partial charge is 0.277 e. The lowest BCUT2D eigenvalue weighted by Crippen LogP contribution is -1.94. The predicted octanol–water partition coefficient (Wildman–Crippen LogP) is 4.95. The van der Waals surface area contributed by atoms with Gasteiger partial charge in [-0.1, -0.05) is 37.6 Å². The molecule has 0 radical (unpaired) electrons. The number of ether oxygens (including phenoxy) is 1. The van der Waals surface area contributed by atoms with Crippen molar-refractivity contribution in [2.45, 2.75) is 26.2 Å². The third kappa shape index (κ3) is 3.92. The van der Waals surface area contributed by atoms with E-state index in [9.17, 15) is 10.1 Å². The Balaban J connectivity index is 2.20. The van der Waals surface area contributed by atoms with Gasteiger partial charge in [-0.05, 0) is 30.0 Å². The van der Waals surface area contributed by atoms with E-state index >= 15 is 0 Å². The molecular formula is C15H15ClN2O3. The number of nitrogens with zero attached hydrogens (tertiary/aromatic N) is 2. The first-order valence-corrected chi connectivity index (χ1v) is 6.97. The largest absolute Gasteiger partial charge is 0.439 e. The average molecular weight is 307 g/mol. The molecule has 1 atom stereocenters. The fourth-order valence-electron chi connectivity index (χ4n) is 1.84. The van der Waals surface area contributed by atoms with Crippen molar-refractivity contribution in [2.75, 3.05) is 0 Å². The van der Waals surface area contributed by atoms with Crippen molar-refractivity contribution in [3.63, 3.8) is 0 Å². The van der Waals surface area contributed by atoms with E-state index < -0.39 is 4.92 Å². The van der Waals surface area contributed by atoms with E-state index in [0.717, 1.165) is 6.42 Å². The van der Waals surface area contributed by atoms with Crippen LogP contribution in [0.25, 0.3) is 0 Å². The van der Waals surface area contributed by atoms with Crippen molar-refractivity contribution in [3.8, 4) is 11.6 Å². The highest BCUT2D eigenvalue weighted by atomic mass is 35.5. The van der Waals surface area contributed by atoms with Crippen molar-refractivity contribution in [1.29, 1.82) is 0 Å². The van der Waals surface area contributed by atoms with Gasteiger partial charge in [0, 0.05) is 0 Å². The Labute approximate surface area is 127 Å². The number of hydrogen-bond acceptors (Lipinski definition) is 4. The first kappa shape index (κ1) is 15.3. The van der Waals surface area contributed by atoms with Gasteiger partial charge in [-0.3, -0.25) is 10.1 Å². The number of nitro groups is 1. The Kier molecular flexibility index (Phi) is 4.75. The van der Waals surface area contributed by atoms with Crippen molar-refractivity contribution in [2.24, 2.45) is 0 Å². The molecule has 0 amide bonds. The minimum absolute atomic E-state index is 0.0235. The Morgan fingerprint density at radius 3 is 2.57 bits per heavy atom. The lowest BCUT2D eigenvalue weighted by atomic mass is 9.99. The van der Waals surface area contributed by atoms with E-state index in [2.05, 4.69) is 18.8 Å². The van der Waals surface area contributed by atoms with E-state index in [1.165, 1.54) is 17.7 Å². The summed E-state index contributed by atoms with van der Waals surface area (Å²) in [5.74, 6) is 1.14. The zero-order valence-electron chi connectivity index (χ0n) is 11.7. The maximum Gasteiger partial charge on any atom is 0.277 e. The lowest BCUT2D eigenvalue weighted by Gasteiger charge is -2.10. The van der Waals surface area contributed by atoms with Crippen LogP contribution >= 0.6 is 11.6 Å². The van der Waals surface area contributed by atoms with Gasteiger partial charge in [0.15, 0.2) is 0 Å². The summed E-state index contributed by atoms with van der Waals surface area (Å²) in [7, 11) is 0. The highest BCUT2D eigenvalue weighted by Crippen LogP contribution is 2.27. The molecule has 1 heterocycles. The molecule has 1 aromatic heterocycles. The summed E-state index contributed by atoms with van der Waals surface area (Å²) in [5, 5.41) is 10.8. The Bertz CT molecular complexity index is 644. The quantitative estimate of drug-likeness (QED) is 0.445. The first-order valence-electron chi connectivity index (χ1n) is 6.59. The van der Waals surface area contributed by atoms with E-state index in [-0.39, 0.29) is 16.7 Å². The number of hydrogen-bond donors (Lipinski definition) is 0. The normalized spacial score (nSPS) is 12.0. The number of halogens is 1. The second-order valence-corrected chi connectivity index (χ2v) is 5.11. The van der Waals surface area contributed by atoms with Crippen LogP contribution in [0.2, 0.25) is 5.15 Å². The van der Waals surface area contributed by atoms with Crippen molar-refractivity contribution in [3.05, 3.63) is 57.2 Å².